The molecule has 2 aromatic carbocycles. The van der Waals surface area contributed by atoms with E-state index in [9.17, 15) is 9.59 Å². The molecule has 0 aliphatic heterocycles. The van der Waals surface area contributed by atoms with Crippen LogP contribution in [0.15, 0.2) is 30.3 Å². The molecule has 106 valence electrons. The molecule has 7 heteroatoms. The third-order valence-electron chi connectivity index (χ3n) is 3.36. The first-order chi connectivity index (χ1) is 10.1. The molecular weight excluding hydrogens is 292 g/mol. The predicted octanol–water partition coefficient (Wildman–Crippen LogP) is 2.13. The van der Waals surface area contributed by atoms with Gasteiger partial charge in [-0.15, -0.1) is 0 Å². The van der Waals surface area contributed by atoms with E-state index in [1.807, 2.05) is 0 Å². The highest BCUT2D eigenvalue weighted by Gasteiger charge is 2.34. The lowest BCUT2D eigenvalue weighted by Crippen LogP contribution is -2.24. The summed E-state index contributed by atoms with van der Waals surface area (Å²) in [6, 6.07) is 7.79. The second-order valence-electron chi connectivity index (χ2n) is 4.49. The number of nitrogens with two attached hydrogens (primary N) is 2. The lowest BCUT2D eigenvalue weighted by Gasteiger charge is -2.21. The van der Waals surface area contributed by atoms with Crippen LogP contribution in [0, 0.1) is 0 Å². The molecule has 0 unspecified atom stereocenters. The van der Waals surface area contributed by atoms with Crippen molar-refractivity contribution in [2.45, 2.75) is 0 Å². The van der Waals surface area contributed by atoms with Crippen molar-refractivity contribution in [3.63, 3.8) is 0 Å². The number of anilines is 2. The molecule has 0 saturated heterocycles. The van der Waals surface area contributed by atoms with Gasteiger partial charge in [0, 0.05) is 22.9 Å². The van der Waals surface area contributed by atoms with Gasteiger partial charge in [-0.25, -0.2) is 0 Å². The van der Waals surface area contributed by atoms with Crippen LogP contribution in [0.2, 0.25) is 0 Å². The summed E-state index contributed by atoms with van der Waals surface area (Å²) in [5, 5.41) is 0. The van der Waals surface area contributed by atoms with Crippen molar-refractivity contribution >= 4 is 35.3 Å². The zero-order valence-corrected chi connectivity index (χ0v) is 11.4. The van der Waals surface area contributed by atoms with E-state index in [-0.39, 0.29) is 51.9 Å². The van der Waals surface area contributed by atoms with Crippen molar-refractivity contribution in [1.29, 1.82) is 0 Å². The van der Waals surface area contributed by atoms with Gasteiger partial charge in [0.15, 0.2) is 17.3 Å². The third-order valence-corrected chi connectivity index (χ3v) is 3.61. The van der Waals surface area contributed by atoms with Crippen molar-refractivity contribution in [1.82, 2.24) is 0 Å². The van der Waals surface area contributed by atoms with E-state index in [1.165, 1.54) is 6.07 Å². The van der Waals surface area contributed by atoms with Crippen molar-refractivity contribution < 1.29 is 18.3 Å². The fourth-order valence-corrected chi connectivity index (χ4v) is 2.65. The number of rotatable bonds is 2. The van der Waals surface area contributed by atoms with Gasteiger partial charge in [-0.2, -0.15) is 0 Å². The van der Waals surface area contributed by atoms with E-state index >= 15 is 0 Å². The standard InChI is InChI=1S/C14H10N2O4S/c15-8-5-9(20-21-19)12(16)11-10(8)13(17)6-3-1-2-4-7(6)14(11)18/h1-5,19H,15-16H2. The highest BCUT2D eigenvalue weighted by Crippen LogP contribution is 2.40. The van der Waals surface area contributed by atoms with Crippen molar-refractivity contribution in [3.8, 4) is 5.75 Å². The fourth-order valence-electron chi connectivity index (χ4n) is 2.43. The first-order valence-electron chi connectivity index (χ1n) is 5.94. The summed E-state index contributed by atoms with van der Waals surface area (Å²) in [4.78, 5) is 25.1. The number of carbonyl (C=O) groups excluding carboxylic acids is 2. The van der Waals surface area contributed by atoms with Gasteiger partial charge in [0.25, 0.3) is 0 Å². The fraction of sp³-hybridized carbons (Fsp3) is 0. The van der Waals surface area contributed by atoms with E-state index in [0.717, 1.165) is 0 Å². The maximum atomic E-state index is 12.6. The van der Waals surface area contributed by atoms with Crippen molar-refractivity contribution in [3.05, 3.63) is 52.6 Å². The van der Waals surface area contributed by atoms with Crippen molar-refractivity contribution in [2.24, 2.45) is 0 Å². The molecule has 0 amide bonds. The summed E-state index contributed by atoms with van der Waals surface area (Å²) in [5.41, 5.74) is 12.5. The second-order valence-corrected chi connectivity index (χ2v) is 4.81. The van der Waals surface area contributed by atoms with E-state index in [2.05, 4.69) is 0 Å². The van der Waals surface area contributed by atoms with Crippen LogP contribution in [0.25, 0.3) is 0 Å². The smallest absolute Gasteiger partial charge is 0.222 e. The predicted molar refractivity (Wildman–Crippen MR) is 79.4 cm³/mol. The van der Waals surface area contributed by atoms with Gasteiger partial charge in [0.2, 0.25) is 12.3 Å². The first-order valence-corrected chi connectivity index (χ1v) is 6.64. The molecule has 3 rings (SSSR count). The minimum Gasteiger partial charge on any atom is -0.398 e. The Bertz CT molecular complexity index is 789. The molecule has 6 nitrogen and oxygen atoms in total. The highest BCUT2D eigenvalue weighted by atomic mass is 32.2. The summed E-state index contributed by atoms with van der Waals surface area (Å²) in [6.45, 7) is 0. The Morgan fingerprint density at radius 1 is 1.00 bits per heavy atom. The van der Waals surface area contributed by atoms with Crippen LogP contribution in [0.4, 0.5) is 11.4 Å². The molecule has 0 heterocycles. The molecule has 0 atom stereocenters. The van der Waals surface area contributed by atoms with Gasteiger partial charge in [-0.05, 0) is 0 Å². The number of carbonyl (C=O) groups is 2. The SMILES string of the molecule is Nc1cc(OSO)c(N)c2c1C(=O)c1ccccc1C2=O. The Balaban J connectivity index is 2.32. The molecule has 0 spiro atoms. The van der Waals surface area contributed by atoms with Gasteiger partial charge >= 0.3 is 0 Å². The first kappa shape index (κ1) is 13.5. The molecule has 5 N–H and O–H groups in total. The monoisotopic (exact) mass is 302 g/mol. The van der Waals surface area contributed by atoms with Gasteiger partial charge in [-0.1, -0.05) is 24.3 Å². The summed E-state index contributed by atoms with van der Waals surface area (Å²) in [7, 11) is 0. The van der Waals surface area contributed by atoms with Gasteiger partial charge in [0.05, 0.1) is 16.8 Å². The molecule has 1 aliphatic rings. The highest BCUT2D eigenvalue weighted by molar-refractivity contribution is 7.89. The van der Waals surface area contributed by atoms with Crippen LogP contribution in [0.5, 0.6) is 5.75 Å². The molecule has 0 fully saturated rings. The Hall–Kier alpha value is -2.51. The van der Waals surface area contributed by atoms with Gasteiger partial charge in [0.1, 0.15) is 0 Å². The number of hydrogen-bond acceptors (Lipinski definition) is 7. The number of hydrogen-bond donors (Lipinski definition) is 3. The summed E-state index contributed by atoms with van der Waals surface area (Å²) < 4.78 is 13.6. The molecular formula is C14H10N2O4S. The van der Waals surface area contributed by atoms with Crippen molar-refractivity contribution in [2.75, 3.05) is 11.5 Å². The Morgan fingerprint density at radius 2 is 1.57 bits per heavy atom. The molecule has 1 aliphatic carbocycles. The van der Waals surface area contributed by atoms with E-state index < -0.39 is 5.78 Å². The quantitative estimate of drug-likeness (QED) is 0.490. The van der Waals surface area contributed by atoms with Gasteiger partial charge < -0.3 is 15.7 Å². The minimum atomic E-state index is -0.391. The Labute approximate surface area is 124 Å². The zero-order valence-electron chi connectivity index (χ0n) is 10.6. The normalized spacial score (nSPS) is 12.8. The van der Waals surface area contributed by atoms with Crippen LogP contribution < -0.4 is 15.7 Å². The number of ketones is 2. The maximum Gasteiger partial charge on any atom is 0.222 e. The van der Waals surface area contributed by atoms with E-state index in [0.29, 0.717) is 5.56 Å². The number of benzene rings is 2. The average molecular weight is 302 g/mol. The van der Waals surface area contributed by atoms with Crippen LogP contribution in [0.1, 0.15) is 31.8 Å². The number of fused-ring (bicyclic) bond motifs is 2. The molecule has 0 bridgehead atoms. The maximum absolute atomic E-state index is 12.6. The third kappa shape index (κ3) is 1.86. The minimum absolute atomic E-state index is 0.0164. The summed E-state index contributed by atoms with van der Waals surface area (Å²) in [5.74, 6) is -0.704. The molecule has 21 heavy (non-hydrogen) atoms. The Kier molecular flexibility index (Phi) is 3.08. The van der Waals surface area contributed by atoms with E-state index in [4.69, 9.17) is 20.2 Å². The molecule has 0 radical (unpaired) electrons. The zero-order chi connectivity index (χ0) is 15.1. The number of nitrogen functional groups attached to an aromatic ring is 2. The van der Waals surface area contributed by atoms with Gasteiger partial charge in [-0.3, -0.25) is 14.1 Å². The summed E-state index contributed by atoms with van der Waals surface area (Å²) in [6.07, 6.45) is 0. The average Bonchev–Trinajstić information content (AvgIpc) is 2.48. The molecule has 0 aromatic heterocycles. The van der Waals surface area contributed by atoms with Crippen LogP contribution >= 0.6 is 12.3 Å². The topological polar surface area (TPSA) is 116 Å². The van der Waals surface area contributed by atoms with Crippen LogP contribution in [-0.4, -0.2) is 16.1 Å². The lowest BCUT2D eigenvalue weighted by atomic mass is 9.82. The summed E-state index contributed by atoms with van der Waals surface area (Å²) >= 11 is 0.0841. The largest absolute Gasteiger partial charge is 0.398 e. The van der Waals surface area contributed by atoms with Crippen LogP contribution in [-0.2, 0) is 0 Å². The van der Waals surface area contributed by atoms with E-state index in [1.54, 1.807) is 24.3 Å². The Morgan fingerprint density at radius 3 is 2.14 bits per heavy atom. The van der Waals surface area contributed by atoms with Crippen LogP contribution in [0.3, 0.4) is 0 Å². The molecule has 0 saturated carbocycles. The lowest BCUT2D eigenvalue weighted by molar-refractivity contribution is 0.0980. The second kappa shape index (κ2) is 4.80. The molecule has 2 aromatic rings.